The molecule has 130 valence electrons. The number of pyridine rings is 2. The first-order valence-electron chi connectivity index (χ1n) is 9.18. The van der Waals surface area contributed by atoms with E-state index in [-0.39, 0.29) is 0 Å². The van der Waals surface area contributed by atoms with Crippen LogP contribution < -0.4 is 10.1 Å². The van der Waals surface area contributed by atoms with Crippen LogP contribution in [0.1, 0.15) is 36.9 Å². The van der Waals surface area contributed by atoms with E-state index in [1.807, 2.05) is 24.5 Å². The molecule has 1 aliphatic carbocycles. The molecule has 0 saturated heterocycles. The van der Waals surface area contributed by atoms with Crippen molar-refractivity contribution in [1.82, 2.24) is 9.97 Å². The number of anilines is 1. The minimum atomic E-state index is 0.308. The molecule has 0 spiro atoms. The highest BCUT2D eigenvalue weighted by atomic mass is 16.5. The van der Waals surface area contributed by atoms with Gasteiger partial charge in [0.1, 0.15) is 11.9 Å². The van der Waals surface area contributed by atoms with E-state index >= 15 is 0 Å². The van der Waals surface area contributed by atoms with Crippen LogP contribution in [-0.2, 0) is 6.54 Å². The van der Waals surface area contributed by atoms with Crippen molar-refractivity contribution in [2.45, 2.75) is 38.3 Å². The zero-order chi connectivity index (χ0) is 17.3. The molecule has 0 radical (unpaired) electrons. The van der Waals surface area contributed by atoms with Crippen LogP contribution in [-0.4, -0.2) is 21.9 Å². The van der Waals surface area contributed by atoms with E-state index in [9.17, 15) is 0 Å². The summed E-state index contributed by atoms with van der Waals surface area (Å²) in [6.45, 7) is 0.634. The monoisotopic (exact) mass is 344 g/mol. The van der Waals surface area contributed by atoms with Gasteiger partial charge in [-0.2, -0.15) is 0 Å². The lowest BCUT2D eigenvalue weighted by Crippen LogP contribution is -2.12. The highest BCUT2D eigenvalue weighted by Gasteiger charge is 2.19. The van der Waals surface area contributed by atoms with Crippen LogP contribution in [0.4, 0.5) is 5.69 Å². The van der Waals surface area contributed by atoms with Gasteiger partial charge in [-0.15, -0.1) is 0 Å². The van der Waals surface area contributed by atoms with E-state index in [4.69, 9.17) is 4.74 Å². The van der Waals surface area contributed by atoms with Gasteiger partial charge < -0.3 is 10.1 Å². The Kier molecular flexibility index (Phi) is 3.77. The van der Waals surface area contributed by atoms with Crippen LogP contribution in [0.2, 0.25) is 0 Å². The first-order chi connectivity index (χ1) is 12.9. The average molecular weight is 344 g/mol. The maximum Gasteiger partial charge on any atom is 0.221 e. The van der Waals surface area contributed by atoms with E-state index in [0.717, 1.165) is 52.3 Å². The fourth-order valence-corrected chi connectivity index (χ4v) is 3.75. The molecular formula is C21H20N4O. The maximum absolute atomic E-state index is 6.14. The van der Waals surface area contributed by atoms with Crippen LogP contribution >= 0.6 is 0 Å². The molecule has 3 aromatic rings. The first kappa shape index (κ1) is 15.3. The van der Waals surface area contributed by atoms with Crippen molar-refractivity contribution >= 4 is 22.3 Å². The Balaban J connectivity index is 1.42. The number of nitrogens with one attached hydrogen (secondary N) is 1. The van der Waals surface area contributed by atoms with Gasteiger partial charge in [0, 0.05) is 29.0 Å². The van der Waals surface area contributed by atoms with Gasteiger partial charge in [-0.05, 0) is 67.5 Å². The molecule has 1 saturated carbocycles. The quantitative estimate of drug-likeness (QED) is 0.768. The zero-order valence-electron chi connectivity index (χ0n) is 14.5. The van der Waals surface area contributed by atoms with Crippen molar-refractivity contribution in [2.24, 2.45) is 4.99 Å². The fraction of sp³-hybridized carbons (Fsp3) is 0.286. The van der Waals surface area contributed by atoms with E-state index in [1.54, 1.807) is 0 Å². The summed E-state index contributed by atoms with van der Waals surface area (Å²) in [7, 11) is 0. The highest BCUT2D eigenvalue weighted by molar-refractivity contribution is 6.11. The van der Waals surface area contributed by atoms with Crippen molar-refractivity contribution in [3.8, 4) is 5.88 Å². The maximum atomic E-state index is 6.14. The number of ether oxygens (including phenoxy) is 1. The lowest BCUT2D eigenvalue weighted by Gasteiger charge is -2.14. The Hall–Kier alpha value is -2.95. The van der Waals surface area contributed by atoms with E-state index < -0.39 is 0 Å². The molecule has 2 aromatic heterocycles. The van der Waals surface area contributed by atoms with E-state index in [1.165, 1.54) is 12.8 Å². The summed E-state index contributed by atoms with van der Waals surface area (Å²) in [5.41, 5.74) is 3.10. The standard InChI is InChI=1S/C21H20N4O/c1-2-5-16(4-1)26-21-17-8-7-15(12-14(17)9-11-23-21)25-20-18-6-3-10-22-19(18)13-24-20/h3,6-12,16H,1-2,4-5,13H2,(H,24,25). The second kappa shape index (κ2) is 6.41. The molecule has 0 bridgehead atoms. The van der Waals surface area contributed by atoms with Crippen molar-refractivity contribution in [3.05, 3.63) is 60.0 Å². The van der Waals surface area contributed by atoms with Gasteiger partial charge in [-0.25, -0.2) is 4.98 Å². The average Bonchev–Trinajstić information content (AvgIpc) is 3.32. The van der Waals surface area contributed by atoms with Crippen molar-refractivity contribution in [3.63, 3.8) is 0 Å². The largest absolute Gasteiger partial charge is 0.474 e. The third-order valence-electron chi connectivity index (χ3n) is 5.10. The molecule has 0 unspecified atom stereocenters. The molecule has 5 nitrogen and oxygen atoms in total. The first-order valence-corrected chi connectivity index (χ1v) is 9.18. The minimum absolute atomic E-state index is 0.308. The number of aliphatic imine (C=N–C) groups is 1. The number of aromatic nitrogens is 2. The predicted molar refractivity (Wildman–Crippen MR) is 103 cm³/mol. The van der Waals surface area contributed by atoms with Gasteiger partial charge >= 0.3 is 0 Å². The van der Waals surface area contributed by atoms with Gasteiger partial charge in [0.2, 0.25) is 5.88 Å². The normalized spacial score (nSPS) is 16.5. The molecule has 1 aromatic carbocycles. The molecule has 3 heterocycles. The van der Waals surface area contributed by atoms with Crippen LogP contribution in [0.5, 0.6) is 5.88 Å². The topological polar surface area (TPSA) is 59.4 Å². The molecule has 1 N–H and O–H groups in total. The summed E-state index contributed by atoms with van der Waals surface area (Å²) >= 11 is 0. The van der Waals surface area contributed by atoms with Crippen LogP contribution in [0, 0.1) is 0 Å². The van der Waals surface area contributed by atoms with Gasteiger partial charge in [0.25, 0.3) is 0 Å². The molecule has 1 fully saturated rings. The van der Waals surface area contributed by atoms with Gasteiger partial charge in [0.15, 0.2) is 0 Å². The van der Waals surface area contributed by atoms with Crippen LogP contribution in [0.25, 0.3) is 10.8 Å². The zero-order valence-corrected chi connectivity index (χ0v) is 14.5. The van der Waals surface area contributed by atoms with Crippen molar-refractivity contribution in [2.75, 3.05) is 5.32 Å². The molecule has 2 aliphatic rings. The lowest BCUT2D eigenvalue weighted by atomic mass is 10.1. The van der Waals surface area contributed by atoms with Crippen molar-refractivity contribution in [1.29, 1.82) is 0 Å². The fourth-order valence-electron chi connectivity index (χ4n) is 3.75. The molecule has 26 heavy (non-hydrogen) atoms. The second-order valence-electron chi connectivity index (χ2n) is 6.86. The van der Waals surface area contributed by atoms with Crippen LogP contribution in [0.15, 0.2) is 53.8 Å². The minimum Gasteiger partial charge on any atom is -0.474 e. The van der Waals surface area contributed by atoms with E-state index in [2.05, 4.69) is 44.5 Å². The summed E-state index contributed by atoms with van der Waals surface area (Å²) < 4.78 is 6.14. The van der Waals surface area contributed by atoms with Crippen LogP contribution in [0.3, 0.4) is 0 Å². The third kappa shape index (κ3) is 2.79. The van der Waals surface area contributed by atoms with E-state index in [0.29, 0.717) is 12.6 Å². The Labute approximate surface area is 152 Å². The second-order valence-corrected chi connectivity index (χ2v) is 6.86. The predicted octanol–water partition coefficient (Wildman–Crippen LogP) is 4.32. The van der Waals surface area contributed by atoms with Gasteiger partial charge in [0.05, 0.1) is 12.2 Å². The number of benzene rings is 1. The SMILES string of the molecule is c1cnc2c(c1)C(Nc1ccc3c(OC4CCCC4)nccc3c1)=NC2. The highest BCUT2D eigenvalue weighted by Crippen LogP contribution is 2.30. The summed E-state index contributed by atoms with van der Waals surface area (Å²) in [4.78, 5) is 13.4. The Bertz CT molecular complexity index is 992. The molecular weight excluding hydrogens is 324 g/mol. The number of fused-ring (bicyclic) bond motifs is 2. The summed E-state index contributed by atoms with van der Waals surface area (Å²) in [5, 5.41) is 5.60. The Morgan fingerprint density at radius 3 is 2.85 bits per heavy atom. The van der Waals surface area contributed by atoms with Crippen molar-refractivity contribution < 1.29 is 4.74 Å². The molecule has 0 amide bonds. The Morgan fingerprint density at radius 1 is 1.00 bits per heavy atom. The number of rotatable bonds is 3. The van der Waals surface area contributed by atoms with Gasteiger partial charge in [-0.1, -0.05) is 0 Å². The number of hydrogen-bond acceptors (Lipinski definition) is 5. The number of amidine groups is 1. The summed E-state index contributed by atoms with van der Waals surface area (Å²) in [6.07, 6.45) is 8.71. The molecule has 0 atom stereocenters. The van der Waals surface area contributed by atoms with Gasteiger partial charge in [-0.3, -0.25) is 9.98 Å². The lowest BCUT2D eigenvalue weighted by molar-refractivity contribution is 0.204. The smallest absolute Gasteiger partial charge is 0.221 e. The summed E-state index contributed by atoms with van der Waals surface area (Å²) in [6, 6.07) is 12.3. The number of nitrogens with zero attached hydrogens (tertiary/aromatic N) is 3. The molecule has 5 heteroatoms. The number of hydrogen-bond donors (Lipinski definition) is 1. The molecule has 1 aliphatic heterocycles. The Morgan fingerprint density at radius 2 is 1.92 bits per heavy atom. The summed E-state index contributed by atoms with van der Waals surface area (Å²) in [5.74, 6) is 1.62. The molecule has 5 rings (SSSR count). The third-order valence-corrected chi connectivity index (χ3v) is 5.10.